The van der Waals surface area contributed by atoms with Crippen molar-refractivity contribution in [2.75, 3.05) is 33.3 Å². The number of ether oxygens (including phenoxy) is 1. The van der Waals surface area contributed by atoms with E-state index >= 15 is 0 Å². The maximum Gasteiger partial charge on any atom is 0.308 e. The maximum atomic E-state index is 11.4. The monoisotopic (exact) mass is 226 g/mol. The Balaban J connectivity index is 1.78. The summed E-state index contributed by atoms with van der Waals surface area (Å²) in [5.74, 6) is 0.142. The van der Waals surface area contributed by atoms with Gasteiger partial charge in [-0.2, -0.15) is 0 Å². The number of carbonyl (C=O) groups is 1. The Bertz CT molecular complexity index is 231. The predicted octanol–water partition coefficient (Wildman–Crippen LogP) is 0.623. The summed E-state index contributed by atoms with van der Waals surface area (Å²) in [5, 5.41) is 3.37. The third-order valence-electron chi connectivity index (χ3n) is 3.90. The highest BCUT2D eigenvalue weighted by atomic mass is 16.5. The fraction of sp³-hybridized carbons (Fsp3) is 0.917. The number of hydrogen-bond donors (Lipinski definition) is 1. The van der Waals surface area contributed by atoms with Crippen LogP contribution in [0.5, 0.6) is 0 Å². The Labute approximate surface area is 97.3 Å². The Morgan fingerprint density at radius 2 is 1.81 bits per heavy atom. The Morgan fingerprint density at radius 1 is 1.19 bits per heavy atom. The predicted molar refractivity (Wildman–Crippen MR) is 62.2 cm³/mol. The van der Waals surface area contributed by atoms with Crippen molar-refractivity contribution in [3.63, 3.8) is 0 Å². The average molecular weight is 226 g/mol. The van der Waals surface area contributed by atoms with Crippen LogP contribution in [0, 0.1) is 5.92 Å². The molecule has 0 aromatic heterocycles. The summed E-state index contributed by atoms with van der Waals surface area (Å²) >= 11 is 0. The van der Waals surface area contributed by atoms with Crippen molar-refractivity contribution in [3.05, 3.63) is 0 Å². The standard InChI is InChI=1S/C12H22N2O2/c1-16-12(15)10-2-4-11(5-3-10)14-8-6-13-7-9-14/h10-11,13H,2-9H2,1H3/t10-,11+. The van der Waals surface area contributed by atoms with Crippen LogP contribution in [0.25, 0.3) is 0 Å². The summed E-state index contributed by atoms with van der Waals surface area (Å²) in [6, 6.07) is 0.697. The SMILES string of the molecule is COC(=O)[C@H]1CC[C@@H](N2CCNCC2)CC1. The van der Waals surface area contributed by atoms with Crippen LogP contribution in [0.3, 0.4) is 0 Å². The van der Waals surface area contributed by atoms with Gasteiger partial charge in [-0.1, -0.05) is 0 Å². The fourth-order valence-electron chi connectivity index (χ4n) is 2.89. The first kappa shape index (κ1) is 11.9. The van der Waals surface area contributed by atoms with Crippen LogP contribution >= 0.6 is 0 Å². The van der Waals surface area contributed by atoms with Crippen molar-refractivity contribution in [2.45, 2.75) is 31.7 Å². The number of nitrogens with zero attached hydrogens (tertiary/aromatic N) is 1. The van der Waals surface area contributed by atoms with Gasteiger partial charge in [0.15, 0.2) is 0 Å². The third kappa shape index (κ3) is 2.74. The van der Waals surface area contributed by atoms with Gasteiger partial charge >= 0.3 is 5.97 Å². The number of carbonyl (C=O) groups excluding carboxylic acids is 1. The van der Waals surface area contributed by atoms with Gasteiger partial charge in [-0.05, 0) is 25.7 Å². The van der Waals surface area contributed by atoms with Crippen molar-refractivity contribution in [1.29, 1.82) is 0 Å². The number of esters is 1. The van der Waals surface area contributed by atoms with Crippen molar-refractivity contribution in [1.82, 2.24) is 10.2 Å². The molecule has 4 nitrogen and oxygen atoms in total. The minimum Gasteiger partial charge on any atom is -0.469 e. The Morgan fingerprint density at radius 3 is 2.38 bits per heavy atom. The van der Waals surface area contributed by atoms with Crippen LogP contribution in [-0.2, 0) is 9.53 Å². The summed E-state index contributed by atoms with van der Waals surface area (Å²) < 4.78 is 4.81. The zero-order valence-electron chi connectivity index (χ0n) is 10.1. The van der Waals surface area contributed by atoms with E-state index in [1.54, 1.807) is 0 Å². The lowest BCUT2D eigenvalue weighted by molar-refractivity contribution is -0.146. The summed E-state index contributed by atoms with van der Waals surface area (Å²) in [4.78, 5) is 14.0. The van der Waals surface area contributed by atoms with Gasteiger partial charge in [-0.25, -0.2) is 0 Å². The highest BCUT2D eigenvalue weighted by Crippen LogP contribution is 2.28. The van der Waals surface area contributed by atoms with Gasteiger partial charge in [0.1, 0.15) is 0 Å². The smallest absolute Gasteiger partial charge is 0.308 e. The molecule has 0 aromatic rings. The normalized spacial score (nSPS) is 32.3. The second kappa shape index (κ2) is 5.64. The molecule has 16 heavy (non-hydrogen) atoms. The molecule has 92 valence electrons. The van der Waals surface area contributed by atoms with Crippen molar-refractivity contribution in [2.24, 2.45) is 5.92 Å². The molecule has 0 unspecified atom stereocenters. The molecular weight excluding hydrogens is 204 g/mol. The molecule has 1 saturated carbocycles. The number of rotatable bonds is 2. The van der Waals surface area contributed by atoms with E-state index in [0.717, 1.165) is 51.9 Å². The first-order valence-electron chi connectivity index (χ1n) is 6.34. The molecule has 1 N–H and O–H groups in total. The van der Waals surface area contributed by atoms with Crippen LogP contribution in [-0.4, -0.2) is 50.2 Å². The van der Waals surface area contributed by atoms with Gasteiger partial charge < -0.3 is 10.1 Å². The van der Waals surface area contributed by atoms with Crippen LogP contribution in [0.4, 0.5) is 0 Å². The highest BCUT2D eigenvalue weighted by molar-refractivity contribution is 5.72. The second-order valence-corrected chi connectivity index (χ2v) is 4.81. The molecule has 0 bridgehead atoms. The Kier molecular flexibility index (Phi) is 4.18. The van der Waals surface area contributed by atoms with Gasteiger partial charge in [0.05, 0.1) is 13.0 Å². The largest absolute Gasteiger partial charge is 0.469 e. The van der Waals surface area contributed by atoms with E-state index in [1.165, 1.54) is 7.11 Å². The lowest BCUT2D eigenvalue weighted by atomic mass is 9.85. The lowest BCUT2D eigenvalue weighted by Gasteiger charge is -2.38. The van der Waals surface area contributed by atoms with E-state index in [2.05, 4.69) is 10.2 Å². The van der Waals surface area contributed by atoms with E-state index in [1.807, 2.05) is 0 Å². The van der Waals surface area contributed by atoms with E-state index in [4.69, 9.17) is 4.74 Å². The number of hydrogen-bond acceptors (Lipinski definition) is 4. The zero-order chi connectivity index (χ0) is 11.4. The van der Waals surface area contributed by atoms with Crippen molar-refractivity contribution >= 4 is 5.97 Å². The third-order valence-corrected chi connectivity index (χ3v) is 3.90. The van der Waals surface area contributed by atoms with E-state index in [9.17, 15) is 4.79 Å². The van der Waals surface area contributed by atoms with E-state index in [-0.39, 0.29) is 11.9 Å². The summed E-state index contributed by atoms with van der Waals surface area (Å²) in [6.45, 7) is 4.54. The molecular formula is C12H22N2O2. The molecule has 2 aliphatic rings. The summed E-state index contributed by atoms with van der Waals surface area (Å²) in [6.07, 6.45) is 4.31. The first-order chi connectivity index (χ1) is 7.81. The number of nitrogens with one attached hydrogen (secondary N) is 1. The molecule has 1 aliphatic carbocycles. The molecule has 4 heteroatoms. The minimum absolute atomic E-state index is 0.0150. The van der Waals surface area contributed by atoms with Gasteiger partial charge in [-0.3, -0.25) is 9.69 Å². The van der Waals surface area contributed by atoms with Crippen LogP contribution < -0.4 is 5.32 Å². The average Bonchev–Trinajstić information content (AvgIpc) is 2.39. The molecule has 1 aliphatic heterocycles. The van der Waals surface area contributed by atoms with E-state index < -0.39 is 0 Å². The second-order valence-electron chi connectivity index (χ2n) is 4.81. The first-order valence-corrected chi connectivity index (χ1v) is 6.34. The van der Waals surface area contributed by atoms with Crippen molar-refractivity contribution in [3.8, 4) is 0 Å². The number of piperazine rings is 1. The Hall–Kier alpha value is -0.610. The lowest BCUT2D eigenvalue weighted by Crippen LogP contribution is -2.49. The van der Waals surface area contributed by atoms with Gasteiger partial charge in [0.25, 0.3) is 0 Å². The maximum absolute atomic E-state index is 11.4. The highest BCUT2D eigenvalue weighted by Gasteiger charge is 2.30. The molecule has 1 saturated heterocycles. The summed E-state index contributed by atoms with van der Waals surface area (Å²) in [7, 11) is 1.49. The van der Waals surface area contributed by atoms with Crippen LogP contribution in [0.15, 0.2) is 0 Å². The van der Waals surface area contributed by atoms with Gasteiger partial charge in [0, 0.05) is 32.2 Å². The fourth-order valence-corrected chi connectivity index (χ4v) is 2.89. The quantitative estimate of drug-likeness (QED) is 0.701. The molecule has 0 spiro atoms. The minimum atomic E-state index is -0.0150. The van der Waals surface area contributed by atoms with Crippen LogP contribution in [0.1, 0.15) is 25.7 Å². The van der Waals surface area contributed by atoms with Crippen LogP contribution in [0.2, 0.25) is 0 Å². The molecule has 1 heterocycles. The van der Waals surface area contributed by atoms with E-state index in [0.29, 0.717) is 6.04 Å². The molecule has 0 atom stereocenters. The molecule has 0 radical (unpaired) electrons. The zero-order valence-corrected chi connectivity index (χ0v) is 10.1. The molecule has 0 aromatic carbocycles. The van der Waals surface area contributed by atoms with Crippen molar-refractivity contribution < 1.29 is 9.53 Å². The topological polar surface area (TPSA) is 41.6 Å². The molecule has 2 fully saturated rings. The van der Waals surface area contributed by atoms with Gasteiger partial charge in [-0.15, -0.1) is 0 Å². The number of methoxy groups -OCH3 is 1. The summed E-state index contributed by atoms with van der Waals surface area (Å²) in [5.41, 5.74) is 0. The van der Waals surface area contributed by atoms with Gasteiger partial charge in [0.2, 0.25) is 0 Å². The molecule has 0 amide bonds. The molecule has 2 rings (SSSR count).